The fourth-order valence-corrected chi connectivity index (χ4v) is 2.11. The first-order valence-electron chi connectivity index (χ1n) is 7.49. The van der Waals surface area contributed by atoms with Crippen LogP contribution in [0.4, 0.5) is 17.5 Å². The van der Waals surface area contributed by atoms with E-state index < -0.39 is 5.91 Å². The van der Waals surface area contributed by atoms with Crippen molar-refractivity contribution in [3.05, 3.63) is 36.4 Å². The van der Waals surface area contributed by atoms with E-state index in [-0.39, 0.29) is 5.69 Å². The molecule has 0 saturated carbocycles. The summed E-state index contributed by atoms with van der Waals surface area (Å²) in [6, 6.07) is 4.96. The number of carbonyl (C=O) groups excluding carboxylic acids is 1. The van der Waals surface area contributed by atoms with Gasteiger partial charge in [-0.2, -0.15) is 4.98 Å². The maximum absolute atomic E-state index is 12.4. The average Bonchev–Trinajstić information content (AvgIpc) is 3.26. The molecule has 1 amide bonds. The minimum absolute atomic E-state index is 0.132. The maximum Gasteiger partial charge on any atom is 0.278 e. The molecule has 9 heteroatoms. The Hall–Kier alpha value is -3.36. The summed E-state index contributed by atoms with van der Waals surface area (Å²) in [7, 11) is 7.36. The van der Waals surface area contributed by atoms with E-state index in [0.717, 1.165) is 0 Å². The highest BCUT2D eigenvalue weighted by atomic mass is 16.5. The average molecular weight is 342 g/mol. The van der Waals surface area contributed by atoms with Crippen molar-refractivity contribution in [3.8, 4) is 11.5 Å². The maximum atomic E-state index is 12.4. The highest BCUT2D eigenvalue weighted by Gasteiger charge is 2.18. The van der Waals surface area contributed by atoms with Crippen LogP contribution in [0.3, 0.4) is 0 Å². The minimum atomic E-state index is -0.425. The third-order valence-corrected chi connectivity index (χ3v) is 3.33. The summed E-state index contributed by atoms with van der Waals surface area (Å²) in [4.78, 5) is 24.7. The molecule has 0 saturated heterocycles. The monoisotopic (exact) mass is 342 g/mol. The van der Waals surface area contributed by atoms with Gasteiger partial charge in [0, 0.05) is 34.3 Å². The molecule has 0 aliphatic rings. The van der Waals surface area contributed by atoms with Gasteiger partial charge in [0.2, 0.25) is 11.7 Å². The van der Waals surface area contributed by atoms with Crippen molar-refractivity contribution in [2.45, 2.75) is 0 Å². The van der Waals surface area contributed by atoms with E-state index in [1.54, 1.807) is 28.1 Å². The number of rotatable bonds is 5. The Morgan fingerprint density at radius 1 is 1.16 bits per heavy atom. The molecular weight excluding hydrogens is 324 g/mol. The lowest BCUT2D eigenvalue weighted by Crippen LogP contribution is -2.21. The van der Waals surface area contributed by atoms with Crippen molar-refractivity contribution < 1.29 is 13.7 Å². The first kappa shape index (κ1) is 16.5. The van der Waals surface area contributed by atoms with Crippen molar-refractivity contribution in [2.75, 3.05) is 43.3 Å². The fraction of sp³-hybridized carbons (Fsp3) is 0.250. The van der Waals surface area contributed by atoms with Crippen LogP contribution in [0.15, 0.2) is 39.6 Å². The lowest BCUT2D eigenvalue weighted by molar-refractivity contribution is 0.101. The van der Waals surface area contributed by atoms with Gasteiger partial charge in [0.1, 0.15) is 5.69 Å². The van der Waals surface area contributed by atoms with Crippen LogP contribution in [-0.2, 0) is 0 Å². The Morgan fingerprint density at radius 3 is 2.60 bits per heavy atom. The van der Waals surface area contributed by atoms with Crippen LogP contribution in [0, 0.1) is 0 Å². The molecule has 0 unspecified atom stereocenters. The second-order valence-corrected chi connectivity index (χ2v) is 5.70. The molecule has 0 spiro atoms. The zero-order chi connectivity index (χ0) is 18.0. The number of hydrogen-bond donors (Lipinski definition) is 1. The minimum Gasteiger partial charge on any atom is -0.461 e. The van der Waals surface area contributed by atoms with Crippen molar-refractivity contribution in [2.24, 2.45) is 0 Å². The third-order valence-electron chi connectivity index (χ3n) is 3.33. The Bertz CT molecular complexity index is 870. The Kier molecular flexibility index (Phi) is 4.38. The molecular formula is C16H18N6O3. The van der Waals surface area contributed by atoms with E-state index in [9.17, 15) is 4.79 Å². The van der Waals surface area contributed by atoms with E-state index in [1.165, 1.54) is 12.3 Å². The number of furan rings is 1. The molecule has 0 fully saturated rings. The number of hydrogen-bond acceptors (Lipinski definition) is 8. The highest BCUT2D eigenvalue weighted by Crippen LogP contribution is 2.25. The molecule has 0 radical (unpaired) electrons. The summed E-state index contributed by atoms with van der Waals surface area (Å²) < 4.78 is 10.4. The summed E-state index contributed by atoms with van der Waals surface area (Å²) in [5.41, 5.74) is 0.607. The van der Waals surface area contributed by atoms with Gasteiger partial charge in [-0.3, -0.25) is 4.79 Å². The highest BCUT2D eigenvalue weighted by molar-refractivity contribution is 6.04. The summed E-state index contributed by atoms with van der Waals surface area (Å²) in [6.45, 7) is 0. The summed E-state index contributed by atoms with van der Waals surface area (Å²) in [6.07, 6.45) is 3.08. The quantitative estimate of drug-likeness (QED) is 0.752. The number of nitrogens with one attached hydrogen (secondary N) is 1. The van der Waals surface area contributed by atoms with Crippen molar-refractivity contribution in [3.63, 3.8) is 0 Å². The summed E-state index contributed by atoms with van der Waals surface area (Å²) in [5.74, 6) is 1.58. The van der Waals surface area contributed by atoms with E-state index in [2.05, 4.69) is 20.4 Å². The molecule has 0 aromatic carbocycles. The van der Waals surface area contributed by atoms with Gasteiger partial charge >= 0.3 is 0 Å². The third kappa shape index (κ3) is 3.44. The molecule has 0 bridgehead atoms. The SMILES string of the molecule is CN(C)c1ncc(NC(=O)c2cc(-c3ccco3)on2)c(N(C)C)n1. The number of aromatic nitrogens is 3. The van der Waals surface area contributed by atoms with Crippen LogP contribution in [-0.4, -0.2) is 49.2 Å². The Balaban J connectivity index is 1.83. The van der Waals surface area contributed by atoms with Gasteiger partial charge in [0.05, 0.1) is 12.5 Å². The first-order chi connectivity index (χ1) is 12.0. The largest absolute Gasteiger partial charge is 0.461 e. The summed E-state index contributed by atoms with van der Waals surface area (Å²) >= 11 is 0. The number of carbonyl (C=O) groups is 1. The predicted octanol–water partition coefficient (Wildman–Crippen LogP) is 2.11. The van der Waals surface area contributed by atoms with Gasteiger partial charge < -0.3 is 24.1 Å². The van der Waals surface area contributed by atoms with Gasteiger partial charge in [-0.1, -0.05) is 5.16 Å². The van der Waals surface area contributed by atoms with E-state index in [1.807, 2.05) is 28.2 Å². The molecule has 9 nitrogen and oxygen atoms in total. The first-order valence-corrected chi connectivity index (χ1v) is 7.49. The van der Waals surface area contributed by atoms with Crippen LogP contribution in [0.5, 0.6) is 0 Å². The van der Waals surface area contributed by atoms with Gasteiger partial charge in [0.25, 0.3) is 5.91 Å². The number of anilines is 3. The molecule has 0 aliphatic carbocycles. The second-order valence-electron chi connectivity index (χ2n) is 5.70. The van der Waals surface area contributed by atoms with Crippen molar-refractivity contribution in [1.82, 2.24) is 15.1 Å². The van der Waals surface area contributed by atoms with E-state index in [0.29, 0.717) is 29.0 Å². The number of amides is 1. The molecule has 0 atom stereocenters. The molecule has 130 valence electrons. The molecule has 3 aromatic heterocycles. The van der Waals surface area contributed by atoms with Gasteiger partial charge in [0.15, 0.2) is 17.3 Å². The zero-order valence-electron chi connectivity index (χ0n) is 14.3. The van der Waals surface area contributed by atoms with Gasteiger partial charge in [-0.25, -0.2) is 4.98 Å². The van der Waals surface area contributed by atoms with Crippen LogP contribution in [0.2, 0.25) is 0 Å². The molecule has 3 aromatic rings. The lowest BCUT2D eigenvalue weighted by atomic mass is 10.3. The fourth-order valence-electron chi connectivity index (χ4n) is 2.11. The normalized spacial score (nSPS) is 10.6. The van der Waals surface area contributed by atoms with Gasteiger partial charge in [-0.05, 0) is 12.1 Å². The van der Waals surface area contributed by atoms with E-state index in [4.69, 9.17) is 8.94 Å². The van der Waals surface area contributed by atoms with Gasteiger partial charge in [-0.15, -0.1) is 0 Å². The Labute approximate surface area is 144 Å². The zero-order valence-corrected chi connectivity index (χ0v) is 14.3. The molecule has 3 heterocycles. The van der Waals surface area contributed by atoms with Crippen LogP contribution >= 0.6 is 0 Å². The van der Waals surface area contributed by atoms with Crippen LogP contribution in [0.1, 0.15) is 10.5 Å². The smallest absolute Gasteiger partial charge is 0.278 e. The molecule has 0 aliphatic heterocycles. The molecule has 25 heavy (non-hydrogen) atoms. The Morgan fingerprint density at radius 2 is 1.96 bits per heavy atom. The predicted molar refractivity (Wildman–Crippen MR) is 92.8 cm³/mol. The standard InChI is InChI=1S/C16H18N6O3/c1-21(2)14-11(9-17-16(19-14)22(3)4)18-15(23)10-8-13(25-20-10)12-6-5-7-24-12/h5-9H,1-4H3,(H,18,23). The lowest BCUT2D eigenvalue weighted by Gasteiger charge is -2.19. The van der Waals surface area contributed by atoms with Crippen LogP contribution in [0.25, 0.3) is 11.5 Å². The van der Waals surface area contributed by atoms with Crippen molar-refractivity contribution >= 4 is 23.4 Å². The molecule has 1 N–H and O–H groups in total. The van der Waals surface area contributed by atoms with Crippen LogP contribution < -0.4 is 15.1 Å². The number of nitrogens with zero attached hydrogens (tertiary/aromatic N) is 5. The second kappa shape index (κ2) is 6.63. The van der Waals surface area contributed by atoms with E-state index >= 15 is 0 Å². The summed E-state index contributed by atoms with van der Waals surface area (Å²) in [5, 5.41) is 6.53. The molecule has 3 rings (SSSR count). The van der Waals surface area contributed by atoms with Crippen molar-refractivity contribution in [1.29, 1.82) is 0 Å². The topological polar surface area (TPSA) is 101 Å².